The second kappa shape index (κ2) is 7.76. The van der Waals surface area contributed by atoms with Crippen molar-refractivity contribution in [1.29, 1.82) is 0 Å². The maximum Gasteiger partial charge on any atom is 0.338 e. The number of para-hydroxylation sites is 1. The quantitative estimate of drug-likeness (QED) is 0.496. The highest BCUT2D eigenvalue weighted by molar-refractivity contribution is 6.33. The molecule has 0 aromatic heterocycles. The number of esters is 1. The summed E-state index contributed by atoms with van der Waals surface area (Å²) in [5.41, 5.74) is 0.762. The Labute approximate surface area is 148 Å². The Morgan fingerprint density at radius 2 is 1.92 bits per heavy atom. The lowest BCUT2D eigenvalue weighted by atomic mass is 10.1. The smallest absolute Gasteiger partial charge is 0.338 e. The van der Waals surface area contributed by atoms with Crippen molar-refractivity contribution in [3.63, 3.8) is 0 Å². The Bertz CT molecular complexity index is 838. The number of anilines is 1. The first-order valence-electron chi connectivity index (χ1n) is 7.31. The molecule has 0 aliphatic heterocycles. The van der Waals surface area contributed by atoms with Crippen LogP contribution in [0, 0.1) is 17.0 Å². The number of rotatable bonds is 5. The molecule has 2 rings (SSSR count). The number of hydrogen-bond acceptors (Lipinski definition) is 5. The number of aryl methyl sites for hydroxylation is 1. The van der Waals surface area contributed by atoms with Crippen LogP contribution >= 0.6 is 11.6 Å². The first kappa shape index (κ1) is 18.4. The Morgan fingerprint density at radius 3 is 2.52 bits per heavy atom. The minimum atomic E-state index is -1.07. The topological polar surface area (TPSA) is 98.5 Å². The van der Waals surface area contributed by atoms with Crippen molar-refractivity contribution >= 4 is 34.9 Å². The normalized spacial score (nSPS) is 11.5. The van der Waals surface area contributed by atoms with Gasteiger partial charge in [0.2, 0.25) is 0 Å². The molecule has 0 saturated heterocycles. The van der Waals surface area contributed by atoms with Gasteiger partial charge >= 0.3 is 5.97 Å². The van der Waals surface area contributed by atoms with Crippen LogP contribution < -0.4 is 5.32 Å². The van der Waals surface area contributed by atoms with Crippen molar-refractivity contribution in [2.45, 2.75) is 20.0 Å². The zero-order valence-corrected chi connectivity index (χ0v) is 14.2. The Balaban J connectivity index is 2.04. The van der Waals surface area contributed by atoms with Crippen molar-refractivity contribution in [1.82, 2.24) is 0 Å². The van der Waals surface area contributed by atoms with Crippen LogP contribution in [0.3, 0.4) is 0 Å². The Morgan fingerprint density at radius 1 is 1.24 bits per heavy atom. The van der Waals surface area contributed by atoms with Gasteiger partial charge in [0.15, 0.2) is 6.10 Å². The number of nitro groups is 1. The molecule has 0 spiro atoms. The molecule has 7 nitrogen and oxygen atoms in total. The van der Waals surface area contributed by atoms with Crippen LogP contribution in [-0.2, 0) is 9.53 Å². The number of amides is 1. The number of benzene rings is 2. The number of halogens is 1. The third-order valence-electron chi connectivity index (χ3n) is 3.41. The van der Waals surface area contributed by atoms with Gasteiger partial charge in [0.05, 0.1) is 21.2 Å². The molecule has 0 aliphatic carbocycles. The minimum absolute atomic E-state index is 0.0962. The van der Waals surface area contributed by atoms with Crippen LogP contribution in [0.2, 0.25) is 5.02 Å². The second-order valence-electron chi connectivity index (χ2n) is 5.28. The molecular weight excluding hydrogens is 348 g/mol. The summed E-state index contributed by atoms with van der Waals surface area (Å²) < 4.78 is 5.10. The van der Waals surface area contributed by atoms with Crippen molar-refractivity contribution in [2.24, 2.45) is 0 Å². The fourth-order valence-electron chi connectivity index (χ4n) is 2.07. The molecule has 130 valence electrons. The Kier molecular flexibility index (Phi) is 5.71. The van der Waals surface area contributed by atoms with Gasteiger partial charge in [-0.05, 0) is 38.1 Å². The summed E-state index contributed by atoms with van der Waals surface area (Å²) in [7, 11) is 0. The summed E-state index contributed by atoms with van der Waals surface area (Å²) in [6.07, 6.45) is -1.07. The van der Waals surface area contributed by atoms with Gasteiger partial charge in [-0.25, -0.2) is 4.79 Å². The molecular formula is C17H15ClN2O5. The number of carbonyl (C=O) groups is 2. The number of nitrogens with zero attached hydrogens (tertiary/aromatic N) is 1. The largest absolute Gasteiger partial charge is 0.449 e. The van der Waals surface area contributed by atoms with E-state index in [1.165, 1.54) is 32.0 Å². The van der Waals surface area contributed by atoms with E-state index >= 15 is 0 Å². The van der Waals surface area contributed by atoms with E-state index in [1.807, 2.05) is 0 Å². The predicted molar refractivity (Wildman–Crippen MR) is 92.8 cm³/mol. The van der Waals surface area contributed by atoms with E-state index in [2.05, 4.69) is 5.32 Å². The maximum atomic E-state index is 12.1. The molecule has 2 aromatic rings. The van der Waals surface area contributed by atoms with Crippen LogP contribution in [-0.4, -0.2) is 22.9 Å². The van der Waals surface area contributed by atoms with Crippen molar-refractivity contribution < 1.29 is 19.2 Å². The molecule has 0 radical (unpaired) electrons. The molecule has 25 heavy (non-hydrogen) atoms. The summed E-state index contributed by atoms with van der Waals surface area (Å²) in [4.78, 5) is 34.5. The lowest BCUT2D eigenvalue weighted by molar-refractivity contribution is -0.385. The first-order chi connectivity index (χ1) is 11.8. The van der Waals surface area contributed by atoms with Crippen LogP contribution in [0.25, 0.3) is 0 Å². The lowest BCUT2D eigenvalue weighted by Crippen LogP contribution is -2.30. The van der Waals surface area contributed by atoms with Gasteiger partial charge in [-0.2, -0.15) is 0 Å². The van der Waals surface area contributed by atoms with Gasteiger partial charge < -0.3 is 10.1 Å². The Hall–Kier alpha value is -2.93. The molecule has 0 fully saturated rings. The molecule has 1 unspecified atom stereocenters. The summed E-state index contributed by atoms with van der Waals surface area (Å²) in [5, 5.41) is 13.7. The maximum absolute atomic E-state index is 12.1. The fourth-order valence-corrected chi connectivity index (χ4v) is 2.25. The molecule has 8 heteroatoms. The van der Waals surface area contributed by atoms with Crippen molar-refractivity contribution in [2.75, 3.05) is 5.32 Å². The number of hydrogen-bond donors (Lipinski definition) is 1. The number of ether oxygens (including phenoxy) is 1. The highest BCUT2D eigenvalue weighted by Gasteiger charge is 2.21. The van der Waals surface area contributed by atoms with Crippen LogP contribution in [0.5, 0.6) is 0 Å². The van der Waals surface area contributed by atoms with Gasteiger partial charge in [-0.1, -0.05) is 23.7 Å². The third kappa shape index (κ3) is 4.54. The van der Waals surface area contributed by atoms with E-state index in [0.29, 0.717) is 16.3 Å². The molecule has 1 amide bonds. The SMILES string of the molecule is Cc1cc(C(=O)OC(C)C(=O)Nc2ccccc2Cl)ccc1[N+](=O)[O-]. The van der Waals surface area contributed by atoms with Gasteiger partial charge in [0.1, 0.15) is 0 Å². The second-order valence-corrected chi connectivity index (χ2v) is 5.68. The summed E-state index contributed by atoms with van der Waals surface area (Å²) in [6, 6.07) is 10.5. The lowest BCUT2D eigenvalue weighted by Gasteiger charge is -2.14. The van der Waals surface area contributed by atoms with E-state index in [1.54, 1.807) is 24.3 Å². The van der Waals surface area contributed by atoms with Crippen LogP contribution in [0.1, 0.15) is 22.8 Å². The van der Waals surface area contributed by atoms with E-state index in [4.69, 9.17) is 16.3 Å². The summed E-state index contributed by atoms with van der Waals surface area (Å²) in [5.74, 6) is -1.29. The van der Waals surface area contributed by atoms with E-state index in [-0.39, 0.29) is 11.3 Å². The standard InChI is InChI=1S/C17H15ClN2O5/c1-10-9-12(7-8-15(10)20(23)24)17(22)25-11(2)16(21)19-14-6-4-3-5-13(14)18/h3-9,11H,1-2H3,(H,19,21). The number of nitro benzene ring substituents is 1. The highest BCUT2D eigenvalue weighted by Crippen LogP contribution is 2.22. The zero-order chi connectivity index (χ0) is 18.6. The molecule has 0 heterocycles. The first-order valence-corrected chi connectivity index (χ1v) is 7.69. The van der Waals surface area contributed by atoms with Gasteiger partial charge in [0, 0.05) is 11.6 Å². The summed E-state index contributed by atoms with van der Waals surface area (Å²) >= 11 is 5.95. The van der Waals surface area contributed by atoms with E-state index < -0.39 is 22.9 Å². The molecule has 1 N–H and O–H groups in total. The monoisotopic (exact) mass is 362 g/mol. The van der Waals surface area contributed by atoms with Crippen molar-refractivity contribution in [3.05, 3.63) is 68.7 Å². The average molecular weight is 363 g/mol. The third-order valence-corrected chi connectivity index (χ3v) is 3.74. The van der Waals surface area contributed by atoms with Crippen LogP contribution in [0.4, 0.5) is 11.4 Å². The van der Waals surface area contributed by atoms with Gasteiger partial charge in [-0.15, -0.1) is 0 Å². The molecule has 0 bridgehead atoms. The zero-order valence-electron chi connectivity index (χ0n) is 13.5. The number of nitrogens with one attached hydrogen (secondary N) is 1. The summed E-state index contributed by atoms with van der Waals surface area (Å²) in [6.45, 7) is 2.94. The minimum Gasteiger partial charge on any atom is -0.449 e. The highest BCUT2D eigenvalue weighted by atomic mass is 35.5. The van der Waals surface area contributed by atoms with E-state index in [0.717, 1.165) is 0 Å². The van der Waals surface area contributed by atoms with Gasteiger partial charge in [0.25, 0.3) is 11.6 Å². The van der Waals surface area contributed by atoms with Crippen LogP contribution in [0.15, 0.2) is 42.5 Å². The fraction of sp³-hybridized carbons (Fsp3) is 0.176. The van der Waals surface area contributed by atoms with E-state index in [9.17, 15) is 19.7 Å². The number of carbonyl (C=O) groups excluding carboxylic acids is 2. The van der Waals surface area contributed by atoms with Crippen molar-refractivity contribution in [3.8, 4) is 0 Å². The molecule has 1 atom stereocenters. The van der Waals surface area contributed by atoms with Gasteiger partial charge in [-0.3, -0.25) is 14.9 Å². The predicted octanol–water partition coefficient (Wildman–Crippen LogP) is 3.74. The average Bonchev–Trinajstić information content (AvgIpc) is 2.56. The molecule has 2 aromatic carbocycles. The molecule has 0 saturated carbocycles. The molecule has 0 aliphatic rings.